The molecular weight excluding hydrogens is 318 g/mol. The lowest BCUT2D eigenvalue weighted by Crippen LogP contribution is -2.33. The summed E-state index contributed by atoms with van der Waals surface area (Å²) >= 11 is 0. The summed E-state index contributed by atoms with van der Waals surface area (Å²) in [4.78, 5) is 27.5. The van der Waals surface area contributed by atoms with Gasteiger partial charge in [0.25, 0.3) is 5.91 Å². The Morgan fingerprint density at radius 2 is 1.96 bits per heavy atom. The number of carbonyl (C=O) groups excluding carboxylic acids is 1. The number of carbonyl (C=O) groups is 1. The molecule has 0 atom stereocenters. The average Bonchev–Trinajstić information content (AvgIpc) is 2.96. The van der Waals surface area contributed by atoms with E-state index in [4.69, 9.17) is 4.52 Å². The summed E-state index contributed by atoms with van der Waals surface area (Å²) in [5.74, 6) is -0.0509. The molecule has 1 amide bonds. The van der Waals surface area contributed by atoms with Crippen LogP contribution in [0.2, 0.25) is 0 Å². The van der Waals surface area contributed by atoms with Crippen LogP contribution in [-0.4, -0.2) is 44.0 Å². The van der Waals surface area contributed by atoms with Crippen molar-refractivity contribution in [1.82, 2.24) is 25.0 Å². The Hall–Kier alpha value is -3.09. The molecule has 3 aromatic rings. The maximum absolute atomic E-state index is 12.7. The Bertz CT molecular complexity index is 907. The van der Waals surface area contributed by atoms with E-state index < -0.39 is 0 Å². The van der Waals surface area contributed by atoms with Crippen LogP contribution in [0.1, 0.15) is 27.3 Å². The molecule has 25 heavy (non-hydrogen) atoms. The molecule has 0 fully saturated rings. The second kappa shape index (κ2) is 6.43. The van der Waals surface area contributed by atoms with Crippen molar-refractivity contribution in [2.24, 2.45) is 0 Å². The van der Waals surface area contributed by atoms with Crippen LogP contribution in [0.15, 0.2) is 41.6 Å². The highest BCUT2D eigenvalue weighted by Crippen LogP contribution is 2.25. The Morgan fingerprint density at radius 3 is 2.72 bits per heavy atom. The van der Waals surface area contributed by atoms with Gasteiger partial charge in [-0.2, -0.15) is 0 Å². The average molecular weight is 335 g/mol. The van der Waals surface area contributed by atoms with Gasteiger partial charge in [-0.25, -0.2) is 9.97 Å². The van der Waals surface area contributed by atoms with Gasteiger partial charge < -0.3 is 9.42 Å². The molecule has 3 aromatic heterocycles. The third-order valence-electron chi connectivity index (χ3n) is 4.51. The highest BCUT2D eigenvalue weighted by Gasteiger charge is 2.25. The van der Waals surface area contributed by atoms with Crippen LogP contribution in [0.4, 0.5) is 0 Å². The largest absolute Gasteiger partial charge is 0.364 e. The van der Waals surface area contributed by atoms with E-state index >= 15 is 0 Å². The van der Waals surface area contributed by atoms with Crippen molar-refractivity contribution in [2.45, 2.75) is 19.8 Å². The quantitative estimate of drug-likeness (QED) is 0.713. The first-order valence-electron chi connectivity index (χ1n) is 8.17. The number of hydrogen-bond acceptors (Lipinski definition) is 6. The first-order valence-corrected chi connectivity index (χ1v) is 8.17. The van der Waals surface area contributed by atoms with Crippen LogP contribution >= 0.6 is 0 Å². The number of aromatic nitrogens is 4. The molecule has 7 heteroatoms. The summed E-state index contributed by atoms with van der Waals surface area (Å²) in [7, 11) is 0. The summed E-state index contributed by atoms with van der Waals surface area (Å²) in [6.07, 6.45) is 7.93. The van der Waals surface area contributed by atoms with E-state index in [0.29, 0.717) is 37.2 Å². The topological polar surface area (TPSA) is 85.0 Å². The van der Waals surface area contributed by atoms with Gasteiger partial charge in [0.2, 0.25) is 0 Å². The lowest BCUT2D eigenvalue weighted by molar-refractivity contribution is 0.0761. The van der Waals surface area contributed by atoms with E-state index in [0.717, 1.165) is 22.5 Å². The Balaban J connectivity index is 1.62. The second-order valence-electron chi connectivity index (χ2n) is 5.99. The number of amides is 1. The van der Waals surface area contributed by atoms with Crippen LogP contribution < -0.4 is 0 Å². The van der Waals surface area contributed by atoms with Crippen LogP contribution in [0.25, 0.3) is 11.3 Å². The molecule has 0 radical (unpaired) electrons. The standard InChI is InChI=1S/C18H17N5O2/c1-12-15(10-25-22-12)18(24)23-8-4-14-16(5-9-23)20-11-21-17(14)13-2-6-19-7-3-13/h2-3,6-7,10-11H,4-5,8-9H2,1H3. The maximum Gasteiger partial charge on any atom is 0.259 e. The van der Waals surface area contributed by atoms with Crippen LogP contribution in [0, 0.1) is 6.92 Å². The van der Waals surface area contributed by atoms with Crippen molar-refractivity contribution in [1.29, 1.82) is 0 Å². The van der Waals surface area contributed by atoms with Gasteiger partial charge in [-0.1, -0.05) is 5.16 Å². The number of pyridine rings is 1. The molecule has 0 unspecified atom stereocenters. The van der Waals surface area contributed by atoms with Gasteiger partial charge in [0, 0.05) is 48.7 Å². The fraction of sp³-hybridized carbons (Fsp3) is 0.278. The molecule has 0 N–H and O–H groups in total. The number of aryl methyl sites for hydroxylation is 1. The van der Waals surface area contributed by atoms with Crippen LogP contribution in [0.5, 0.6) is 0 Å². The van der Waals surface area contributed by atoms with Gasteiger partial charge in [-0.3, -0.25) is 9.78 Å². The molecule has 4 heterocycles. The Morgan fingerprint density at radius 1 is 1.16 bits per heavy atom. The smallest absolute Gasteiger partial charge is 0.259 e. The number of nitrogens with zero attached hydrogens (tertiary/aromatic N) is 5. The summed E-state index contributed by atoms with van der Waals surface area (Å²) in [5.41, 5.74) is 5.17. The SMILES string of the molecule is Cc1nocc1C(=O)N1CCc2ncnc(-c3ccncc3)c2CC1. The fourth-order valence-corrected chi connectivity index (χ4v) is 3.16. The molecule has 4 rings (SSSR count). The van der Waals surface area contributed by atoms with Gasteiger partial charge in [-0.05, 0) is 25.5 Å². The lowest BCUT2D eigenvalue weighted by atomic mass is 10.0. The normalized spacial score (nSPS) is 14.0. The third-order valence-corrected chi connectivity index (χ3v) is 4.51. The molecule has 0 saturated carbocycles. The monoisotopic (exact) mass is 335 g/mol. The Labute approximate surface area is 144 Å². The van der Waals surface area contributed by atoms with E-state index in [1.807, 2.05) is 17.0 Å². The van der Waals surface area contributed by atoms with E-state index in [9.17, 15) is 4.79 Å². The van der Waals surface area contributed by atoms with Gasteiger partial charge in [0.05, 0.1) is 11.4 Å². The molecule has 0 spiro atoms. The molecular formula is C18H17N5O2. The summed E-state index contributed by atoms with van der Waals surface area (Å²) < 4.78 is 4.90. The van der Waals surface area contributed by atoms with Crippen molar-refractivity contribution in [3.05, 3.63) is 59.6 Å². The molecule has 0 saturated heterocycles. The first-order chi connectivity index (χ1) is 12.2. The number of rotatable bonds is 2. The minimum atomic E-state index is -0.0509. The molecule has 1 aliphatic rings. The van der Waals surface area contributed by atoms with Crippen LogP contribution in [0.3, 0.4) is 0 Å². The predicted molar refractivity (Wildman–Crippen MR) is 89.8 cm³/mol. The molecule has 0 aromatic carbocycles. The zero-order valence-electron chi connectivity index (χ0n) is 13.8. The summed E-state index contributed by atoms with van der Waals surface area (Å²) in [6, 6.07) is 3.88. The molecule has 0 aliphatic carbocycles. The van der Waals surface area contributed by atoms with Crippen molar-refractivity contribution in [2.75, 3.05) is 13.1 Å². The zero-order chi connectivity index (χ0) is 17.2. The molecule has 7 nitrogen and oxygen atoms in total. The number of fused-ring (bicyclic) bond motifs is 1. The van der Waals surface area contributed by atoms with E-state index in [1.54, 1.807) is 25.6 Å². The van der Waals surface area contributed by atoms with E-state index in [1.165, 1.54) is 6.26 Å². The Kier molecular flexibility index (Phi) is 3.97. The summed E-state index contributed by atoms with van der Waals surface area (Å²) in [5, 5.41) is 3.80. The van der Waals surface area contributed by atoms with Crippen molar-refractivity contribution in [3.8, 4) is 11.3 Å². The van der Waals surface area contributed by atoms with Gasteiger partial charge in [-0.15, -0.1) is 0 Å². The number of hydrogen-bond donors (Lipinski definition) is 0. The minimum Gasteiger partial charge on any atom is -0.364 e. The minimum absolute atomic E-state index is 0.0509. The maximum atomic E-state index is 12.7. The molecule has 0 bridgehead atoms. The molecule has 126 valence electrons. The zero-order valence-corrected chi connectivity index (χ0v) is 13.8. The fourth-order valence-electron chi connectivity index (χ4n) is 3.16. The van der Waals surface area contributed by atoms with Crippen molar-refractivity contribution >= 4 is 5.91 Å². The van der Waals surface area contributed by atoms with E-state index in [-0.39, 0.29) is 5.91 Å². The van der Waals surface area contributed by atoms with Gasteiger partial charge in [0.1, 0.15) is 18.2 Å². The van der Waals surface area contributed by atoms with Gasteiger partial charge >= 0.3 is 0 Å². The first kappa shape index (κ1) is 15.4. The second-order valence-corrected chi connectivity index (χ2v) is 5.99. The highest BCUT2D eigenvalue weighted by molar-refractivity contribution is 5.94. The van der Waals surface area contributed by atoms with Gasteiger partial charge in [0.15, 0.2) is 0 Å². The van der Waals surface area contributed by atoms with Crippen molar-refractivity contribution in [3.63, 3.8) is 0 Å². The highest BCUT2D eigenvalue weighted by atomic mass is 16.5. The predicted octanol–water partition coefficient (Wildman–Crippen LogP) is 2.08. The third kappa shape index (κ3) is 2.88. The van der Waals surface area contributed by atoms with Crippen molar-refractivity contribution < 1.29 is 9.32 Å². The lowest BCUT2D eigenvalue weighted by Gasteiger charge is -2.19. The summed E-state index contributed by atoms with van der Waals surface area (Å²) in [6.45, 7) is 3.00. The van der Waals surface area contributed by atoms with E-state index in [2.05, 4.69) is 20.1 Å². The molecule has 1 aliphatic heterocycles. The van der Waals surface area contributed by atoms with Crippen LogP contribution in [-0.2, 0) is 12.8 Å².